The van der Waals surface area contributed by atoms with E-state index in [0.717, 1.165) is 29.9 Å². The first-order valence-electron chi connectivity index (χ1n) is 10.8. The zero-order valence-corrected chi connectivity index (χ0v) is 20.8. The van der Waals surface area contributed by atoms with Crippen molar-refractivity contribution in [2.75, 3.05) is 13.1 Å². The van der Waals surface area contributed by atoms with E-state index in [1.807, 2.05) is 13.0 Å². The molecule has 4 rings (SSSR count). The van der Waals surface area contributed by atoms with Crippen molar-refractivity contribution in [3.63, 3.8) is 0 Å². The van der Waals surface area contributed by atoms with Crippen molar-refractivity contribution in [2.45, 2.75) is 57.4 Å². The molecule has 32 heavy (non-hydrogen) atoms. The number of hydrogen-bond acceptors (Lipinski definition) is 4. The number of benzene rings is 1. The van der Waals surface area contributed by atoms with Crippen molar-refractivity contribution in [3.8, 4) is 0 Å². The number of amides is 1. The van der Waals surface area contributed by atoms with Gasteiger partial charge in [-0.25, -0.2) is 8.42 Å². The third-order valence-corrected chi connectivity index (χ3v) is 9.00. The largest absolute Gasteiger partial charge is 0.466 e. The number of sulfonamides is 1. The van der Waals surface area contributed by atoms with E-state index in [2.05, 4.69) is 19.2 Å². The topological polar surface area (TPSA) is 79.6 Å². The van der Waals surface area contributed by atoms with Gasteiger partial charge in [-0.1, -0.05) is 37.0 Å². The van der Waals surface area contributed by atoms with Gasteiger partial charge in [0.2, 0.25) is 15.9 Å². The number of fused-ring (bicyclic) bond motifs is 1. The van der Waals surface area contributed by atoms with Crippen LogP contribution in [0.25, 0.3) is 0 Å². The van der Waals surface area contributed by atoms with E-state index in [1.54, 1.807) is 6.07 Å². The van der Waals surface area contributed by atoms with Gasteiger partial charge in [0.25, 0.3) is 0 Å². The molecule has 2 aromatic rings. The van der Waals surface area contributed by atoms with Crippen molar-refractivity contribution in [1.82, 2.24) is 9.62 Å². The van der Waals surface area contributed by atoms with E-state index < -0.39 is 10.0 Å². The summed E-state index contributed by atoms with van der Waals surface area (Å²) in [5.74, 6) is 1.53. The molecule has 1 saturated heterocycles. The Morgan fingerprint density at radius 1 is 1.19 bits per heavy atom. The number of nitrogens with one attached hydrogen (secondary N) is 1. The Hall–Kier alpha value is -1.54. The summed E-state index contributed by atoms with van der Waals surface area (Å²) in [5, 5.41) is 3.66. The number of rotatable bonds is 4. The molecule has 1 fully saturated rings. The summed E-state index contributed by atoms with van der Waals surface area (Å²) in [4.78, 5) is 13.1. The van der Waals surface area contributed by atoms with E-state index in [0.29, 0.717) is 17.9 Å². The number of aryl methyl sites for hydroxylation is 1. The Morgan fingerprint density at radius 3 is 2.56 bits per heavy atom. The average Bonchev–Trinajstić information content (AvgIpc) is 3.08. The highest BCUT2D eigenvalue weighted by Gasteiger charge is 2.38. The molecule has 9 heteroatoms. The summed E-state index contributed by atoms with van der Waals surface area (Å²) in [6.45, 7) is 6.80. The molecule has 0 radical (unpaired) electrons. The molecule has 1 aromatic carbocycles. The van der Waals surface area contributed by atoms with Crippen molar-refractivity contribution in [1.29, 1.82) is 0 Å². The van der Waals surface area contributed by atoms with Crippen LogP contribution in [0.4, 0.5) is 0 Å². The Labute approximate surface area is 199 Å². The summed E-state index contributed by atoms with van der Waals surface area (Å²) in [7, 11) is -3.77. The standard InChI is InChI=1S/C23H28Cl2N2O4S/c1-14-10-17-19(12-23(2,3)13-20(17)31-14)26-22(28)15-6-8-27(9-7-15)32(29,30)21-11-16(24)4-5-18(21)25/h4-5,10-11,15,19H,6-9,12-13H2,1-3H3,(H,26,28). The van der Waals surface area contributed by atoms with Gasteiger partial charge in [0, 0.05) is 36.0 Å². The van der Waals surface area contributed by atoms with Gasteiger partial charge in [-0.3, -0.25) is 4.79 Å². The lowest BCUT2D eigenvalue weighted by Gasteiger charge is -2.36. The van der Waals surface area contributed by atoms with E-state index in [1.165, 1.54) is 16.4 Å². The zero-order valence-electron chi connectivity index (χ0n) is 18.5. The highest BCUT2D eigenvalue weighted by atomic mass is 35.5. The second-order valence-electron chi connectivity index (χ2n) is 9.59. The molecule has 1 aromatic heterocycles. The predicted octanol–water partition coefficient (Wildman–Crippen LogP) is 5.13. The number of halogens is 2. The first kappa shape index (κ1) is 23.6. The molecular formula is C23H28Cl2N2O4S. The maximum absolute atomic E-state index is 13.1. The zero-order chi connectivity index (χ0) is 23.3. The summed E-state index contributed by atoms with van der Waals surface area (Å²) in [5.41, 5.74) is 1.09. The first-order chi connectivity index (χ1) is 15.0. The lowest BCUT2D eigenvalue weighted by Crippen LogP contribution is -2.44. The smallest absolute Gasteiger partial charge is 0.244 e. The minimum Gasteiger partial charge on any atom is -0.466 e. The Kier molecular flexibility index (Phi) is 6.40. The van der Waals surface area contributed by atoms with Crippen LogP contribution in [0.3, 0.4) is 0 Å². The molecule has 2 heterocycles. The summed E-state index contributed by atoms with van der Waals surface area (Å²) < 4.78 is 33.3. The van der Waals surface area contributed by atoms with Crippen LogP contribution in [0, 0.1) is 18.3 Å². The van der Waals surface area contributed by atoms with Crippen LogP contribution in [-0.4, -0.2) is 31.7 Å². The molecule has 0 spiro atoms. The lowest BCUT2D eigenvalue weighted by atomic mass is 9.74. The quantitative estimate of drug-likeness (QED) is 0.633. The average molecular weight is 499 g/mol. The van der Waals surface area contributed by atoms with Crippen molar-refractivity contribution in [2.24, 2.45) is 11.3 Å². The van der Waals surface area contributed by atoms with E-state index >= 15 is 0 Å². The van der Waals surface area contributed by atoms with Gasteiger partial charge in [0.05, 0.1) is 11.1 Å². The molecule has 1 unspecified atom stereocenters. The highest BCUT2D eigenvalue weighted by Crippen LogP contribution is 2.42. The molecule has 1 amide bonds. The molecule has 1 atom stereocenters. The van der Waals surface area contributed by atoms with Gasteiger partial charge in [0.15, 0.2) is 0 Å². The second-order valence-corrected chi connectivity index (χ2v) is 12.3. The maximum atomic E-state index is 13.1. The van der Waals surface area contributed by atoms with Crippen LogP contribution in [0.15, 0.2) is 33.6 Å². The fraction of sp³-hybridized carbons (Fsp3) is 0.522. The minimum atomic E-state index is -3.77. The van der Waals surface area contributed by atoms with Gasteiger partial charge < -0.3 is 9.73 Å². The van der Waals surface area contributed by atoms with Crippen LogP contribution in [0.5, 0.6) is 0 Å². The molecule has 0 saturated carbocycles. The molecule has 2 aliphatic rings. The maximum Gasteiger partial charge on any atom is 0.244 e. The minimum absolute atomic E-state index is 0.00172. The highest BCUT2D eigenvalue weighted by molar-refractivity contribution is 7.89. The number of carbonyl (C=O) groups excluding carboxylic acids is 1. The SMILES string of the molecule is Cc1cc2c(o1)CC(C)(C)CC2NC(=O)C1CCN(S(=O)(=O)c2cc(Cl)ccc2Cl)CC1. The normalized spacial score (nSPS) is 21.8. The number of furan rings is 1. The second kappa shape index (κ2) is 8.67. The number of hydrogen-bond donors (Lipinski definition) is 1. The van der Waals surface area contributed by atoms with E-state index in [-0.39, 0.29) is 46.3 Å². The lowest BCUT2D eigenvalue weighted by molar-refractivity contribution is -0.127. The van der Waals surface area contributed by atoms with Crippen LogP contribution in [0.1, 0.15) is 56.2 Å². The summed E-state index contributed by atoms with van der Waals surface area (Å²) >= 11 is 12.1. The number of piperidine rings is 1. The molecule has 174 valence electrons. The van der Waals surface area contributed by atoms with Gasteiger partial charge in [0.1, 0.15) is 16.4 Å². The van der Waals surface area contributed by atoms with Gasteiger partial charge in [-0.2, -0.15) is 4.31 Å². The summed E-state index contributed by atoms with van der Waals surface area (Å²) in [6.07, 6.45) is 2.60. The fourth-order valence-corrected chi connectivity index (χ4v) is 6.98. The van der Waals surface area contributed by atoms with Crippen LogP contribution >= 0.6 is 23.2 Å². The Bertz CT molecular complexity index is 1130. The van der Waals surface area contributed by atoms with Gasteiger partial charge >= 0.3 is 0 Å². The Morgan fingerprint density at radius 2 is 1.88 bits per heavy atom. The van der Waals surface area contributed by atoms with Crippen LogP contribution < -0.4 is 5.32 Å². The predicted molar refractivity (Wildman–Crippen MR) is 124 cm³/mol. The van der Waals surface area contributed by atoms with Crippen molar-refractivity contribution in [3.05, 3.63) is 51.4 Å². The molecule has 1 N–H and O–H groups in total. The third-order valence-electron chi connectivity index (χ3n) is 6.39. The number of nitrogens with zero attached hydrogens (tertiary/aromatic N) is 1. The Balaban J connectivity index is 1.43. The molecule has 6 nitrogen and oxygen atoms in total. The van der Waals surface area contributed by atoms with Crippen LogP contribution in [-0.2, 0) is 21.2 Å². The fourth-order valence-electron chi connectivity index (χ4n) is 4.78. The molecule has 1 aliphatic heterocycles. The first-order valence-corrected chi connectivity index (χ1v) is 13.0. The van der Waals surface area contributed by atoms with Crippen molar-refractivity contribution >= 4 is 39.1 Å². The number of carbonyl (C=O) groups is 1. The summed E-state index contributed by atoms with van der Waals surface area (Å²) in [6, 6.07) is 6.32. The van der Waals surface area contributed by atoms with Gasteiger partial charge in [-0.05, 0) is 55.9 Å². The molecular weight excluding hydrogens is 471 g/mol. The molecule has 1 aliphatic carbocycles. The van der Waals surface area contributed by atoms with E-state index in [4.69, 9.17) is 27.6 Å². The van der Waals surface area contributed by atoms with E-state index in [9.17, 15) is 13.2 Å². The van der Waals surface area contributed by atoms with Crippen LogP contribution in [0.2, 0.25) is 10.0 Å². The molecule has 0 bridgehead atoms. The third kappa shape index (κ3) is 4.72. The van der Waals surface area contributed by atoms with Crippen molar-refractivity contribution < 1.29 is 17.6 Å². The monoisotopic (exact) mass is 498 g/mol. The van der Waals surface area contributed by atoms with Gasteiger partial charge in [-0.15, -0.1) is 0 Å².